The lowest BCUT2D eigenvalue weighted by Gasteiger charge is -2.31. The second kappa shape index (κ2) is 5.59. The van der Waals surface area contributed by atoms with E-state index in [9.17, 15) is 0 Å². The molecule has 4 rings (SSSR count). The molecule has 0 aliphatic carbocycles. The average Bonchev–Trinajstić information content (AvgIpc) is 3.11. The van der Waals surface area contributed by atoms with Crippen LogP contribution >= 0.6 is 0 Å². The Kier molecular flexibility index (Phi) is 3.41. The molecule has 0 radical (unpaired) electrons. The number of hydrogen-bond donors (Lipinski definition) is 1. The molecule has 0 aromatic carbocycles. The highest BCUT2D eigenvalue weighted by molar-refractivity contribution is 5.58. The molecule has 0 saturated heterocycles. The van der Waals surface area contributed by atoms with Crippen LogP contribution in [0, 0.1) is 13.8 Å². The predicted molar refractivity (Wildman–Crippen MR) is 92.0 cm³/mol. The molecule has 0 spiro atoms. The molecule has 2 N–H and O–H groups in total. The lowest BCUT2D eigenvalue weighted by molar-refractivity contribution is 0.694. The zero-order valence-electron chi connectivity index (χ0n) is 13.8. The van der Waals surface area contributed by atoms with Gasteiger partial charge in [0.05, 0.1) is 0 Å². The van der Waals surface area contributed by atoms with E-state index < -0.39 is 0 Å². The van der Waals surface area contributed by atoms with E-state index in [1.807, 2.05) is 32.2 Å². The second-order valence-electron chi connectivity index (χ2n) is 5.99. The van der Waals surface area contributed by atoms with Gasteiger partial charge in [-0.05, 0) is 26.0 Å². The number of rotatable bonds is 2. The Morgan fingerprint density at radius 2 is 1.96 bits per heavy atom. The molecule has 0 atom stereocenters. The third-order valence-electron chi connectivity index (χ3n) is 4.38. The molecule has 0 saturated carbocycles. The number of nitrogens with zero attached hydrogens (tertiary/aromatic N) is 6. The van der Waals surface area contributed by atoms with Crippen molar-refractivity contribution >= 4 is 11.5 Å². The fourth-order valence-electron chi connectivity index (χ4n) is 3.17. The van der Waals surface area contributed by atoms with E-state index in [-0.39, 0.29) is 0 Å². The van der Waals surface area contributed by atoms with Crippen LogP contribution in [0.15, 0.2) is 30.7 Å². The minimum absolute atomic E-state index is 0.713. The minimum atomic E-state index is 0.713. The standard InChI is InChI=1S/C17H19N7/c1-11-16(21-12(2)22-17(11)24-8-3-6-20-24)23-9-5-15-13(10-23)14(18)4-7-19-15/h3-4,6-8H,5,9-10H2,1-2H3,(H2,18,19). The van der Waals surface area contributed by atoms with E-state index in [4.69, 9.17) is 5.73 Å². The first kappa shape index (κ1) is 14.6. The lowest BCUT2D eigenvalue weighted by atomic mass is 10.0. The summed E-state index contributed by atoms with van der Waals surface area (Å²) < 4.78 is 1.78. The molecule has 0 bridgehead atoms. The summed E-state index contributed by atoms with van der Waals surface area (Å²) in [6, 6.07) is 3.75. The molecular weight excluding hydrogens is 302 g/mol. The third kappa shape index (κ3) is 2.38. The summed E-state index contributed by atoms with van der Waals surface area (Å²) in [5.74, 6) is 2.47. The van der Waals surface area contributed by atoms with Crippen molar-refractivity contribution in [1.29, 1.82) is 0 Å². The first-order chi connectivity index (χ1) is 11.6. The maximum absolute atomic E-state index is 6.14. The Morgan fingerprint density at radius 3 is 2.75 bits per heavy atom. The molecule has 1 aliphatic heterocycles. The van der Waals surface area contributed by atoms with Crippen LogP contribution in [0.1, 0.15) is 22.6 Å². The molecule has 0 fully saturated rings. The van der Waals surface area contributed by atoms with Crippen molar-refractivity contribution in [2.45, 2.75) is 26.8 Å². The molecular formula is C17H19N7. The molecule has 1 aliphatic rings. The Morgan fingerprint density at radius 1 is 1.12 bits per heavy atom. The number of nitrogens with two attached hydrogens (primary N) is 1. The summed E-state index contributed by atoms with van der Waals surface area (Å²) in [5, 5.41) is 4.30. The Bertz CT molecular complexity index is 886. The van der Waals surface area contributed by atoms with Gasteiger partial charge >= 0.3 is 0 Å². The molecule has 7 heteroatoms. The maximum Gasteiger partial charge on any atom is 0.162 e. The Labute approximate surface area is 140 Å². The van der Waals surface area contributed by atoms with E-state index in [1.165, 1.54) is 0 Å². The number of hydrogen-bond acceptors (Lipinski definition) is 6. The van der Waals surface area contributed by atoms with Crippen molar-refractivity contribution in [3.05, 3.63) is 53.4 Å². The normalized spacial score (nSPS) is 13.8. The van der Waals surface area contributed by atoms with Gasteiger partial charge < -0.3 is 10.6 Å². The number of nitrogen functional groups attached to an aromatic ring is 1. The summed E-state index contributed by atoms with van der Waals surface area (Å²) in [7, 11) is 0. The zero-order chi connectivity index (χ0) is 16.7. The van der Waals surface area contributed by atoms with Gasteiger partial charge in [0.15, 0.2) is 5.82 Å². The summed E-state index contributed by atoms with van der Waals surface area (Å²) in [5.41, 5.74) is 10.1. The van der Waals surface area contributed by atoms with Gasteiger partial charge in [0, 0.05) is 60.6 Å². The van der Waals surface area contributed by atoms with Crippen LogP contribution in [0.4, 0.5) is 11.5 Å². The SMILES string of the molecule is Cc1nc(N2CCc3nccc(N)c3C2)c(C)c(-n2cccn2)n1. The first-order valence-corrected chi connectivity index (χ1v) is 7.96. The number of aryl methyl sites for hydroxylation is 1. The topological polar surface area (TPSA) is 85.8 Å². The van der Waals surface area contributed by atoms with Crippen LogP contribution in [0.2, 0.25) is 0 Å². The molecule has 0 amide bonds. The highest BCUT2D eigenvalue weighted by Gasteiger charge is 2.23. The van der Waals surface area contributed by atoms with Gasteiger partial charge in [0.1, 0.15) is 11.6 Å². The molecule has 24 heavy (non-hydrogen) atoms. The van der Waals surface area contributed by atoms with Crippen LogP contribution < -0.4 is 10.6 Å². The van der Waals surface area contributed by atoms with E-state index in [2.05, 4.69) is 25.0 Å². The maximum atomic E-state index is 6.14. The van der Waals surface area contributed by atoms with E-state index >= 15 is 0 Å². The Balaban J connectivity index is 1.77. The molecule has 3 aromatic heterocycles. The summed E-state index contributed by atoms with van der Waals surface area (Å²) >= 11 is 0. The van der Waals surface area contributed by atoms with Gasteiger partial charge in [0.25, 0.3) is 0 Å². The van der Waals surface area contributed by atoms with Crippen molar-refractivity contribution < 1.29 is 0 Å². The van der Waals surface area contributed by atoms with Gasteiger partial charge in [-0.3, -0.25) is 4.98 Å². The first-order valence-electron chi connectivity index (χ1n) is 7.96. The van der Waals surface area contributed by atoms with Gasteiger partial charge in [0.2, 0.25) is 0 Å². The highest BCUT2D eigenvalue weighted by Crippen LogP contribution is 2.29. The average molecular weight is 321 g/mol. The lowest BCUT2D eigenvalue weighted by Crippen LogP contribution is -2.33. The number of pyridine rings is 1. The fraction of sp³-hybridized carbons (Fsp3) is 0.294. The summed E-state index contributed by atoms with van der Waals surface area (Å²) in [6.07, 6.45) is 6.28. The van der Waals surface area contributed by atoms with Crippen LogP contribution in [-0.2, 0) is 13.0 Å². The van der Waals surface area contributed by atoms with Crippen LogP contribution in [0.5, 0.6) is 0 Å². The van der Waals surface area contributed by atoms with Crippen LogP contribution in [0.3, 0.4) is 0 Å². The van der Waals surface area contributed by atoms with E-state index in [1.54, 1.807) is 17.1 Å². The van der Waals surface area contributed by atoms with Crippen molar-refractivity contribution in [2.24, 2.45) is 0 Å². The van der Waals surface area contributed by atoms with Gasteiger partial charge in [-0.15, -0.1) is 0 Å². The number of aromatic nitrogens is 5. The number of anilines is 2. The molecule has 7 nitrogen and oxygen atoms in total. The second-order valence-corrected chi connectivity index (χ2v) is 5.99. The smallest absolute Gasteiger partial charge is 0.162 e. The number of fused-ring (bicyclic) bond motifs is 1. The van der Waals surface area contributed by atoms with Gasteiger partial charge in [-0.2, -0.15) is 5.10 Å². The van der Waals surface area contributed by atoms with Crippen LogP contribution in [0.25, 0.3) is 5.82 Å². The van der Waals surface area contributed by atoms with Crippen LogP contribution in [-0.4, -0.2) is 31.3 Å². The van der Waals surface area contributed by atoms with Crippen molar-refractivity contribution in [1.82, 2.24) is 24.7 Å². The summed E-state index contributed by atoms with van der Waals surface area (Å²) in [4.78, 5) is 15.9. The van der Waals surface area contributed by atoms with Gasteiger partial charge in [-0.25, -0.2) is 14.6 Å². The quantitative estimate of drug-likeness (QED) is 0.775. The predicted octanol–water partition coefficient (Wildman–Crippen LogP) is 1.82. The fourth-order valence-corrected chi connectivity index (χ4v) is 3.17. The monoisotopic (exact) mass is 321 g/mol. The van der Waals surface area contributed by atoms with Crippen molar-refractivity contribution in [3.63, 3.8) is 0 Å². The summed E-state index contributed by atoms with van der Waals surface area (Å²) in [6.45, 7) is 5.52. The third-order valence-corrected chi connectivity index (χ3v) is 4.38. The van der Waals surface area contributed by atoms with E-state index in [0.29, 0.717) is 6.54 Å². The minimum Gasteiger partial charge on any atom is -0.398 e. The largest absolute Gasteiger partial charge is 0.398 e. The molecule has 0 unspecified atom stereocenters. The molecule has 122 valence electrons. The molecule has 3 aromatic rings. The molecule has 4 heterocycles. The van der Waals surface area contributed by atoms with Crippen molar-refractivity contribution in [2.75, 3.05) is 17.2 Å². The van der Waals surface area contributed by atoms with E-state index in [0.717, 1.165) is 52.9 Å². The zero-order valence-corrected chi connectivity index (χ0v) is 13.8. The highest BCUT2D eigenvalue weighted by atomic mass is 15.3. The Hall–Kier alpha value is -2.96. The van der Waals surface area contributed by atoms with Crippen molar-refractivity contribution in [3.8, 4) is 5.82 Å². The van der Waals surface area contributed by atoms with Gasteiger partial charge in [-0.1, -0.05) is 0 Å².